The van der Waals surface area contributed by atoms with E-state index in [-0.39, 0.29) is 12.5 Å². The molecule has 1 N–H and O–H groups in total. The molecule has 1 aromatic carbocycles. The van der Waals surface area contributed by atoms with Gasteiger partial charge in [-0.3, -0.25) is 4.79 Å². The van der Waals surface area contributed by atoms with Gasteiger partial charge in [0.05, 0.1) is 0 Å². The molecule has 4 nitrogen and oxygen atoms in total. The van der Waals surface area contributed by atoms with Crippen molar-refractivity contribution >= 4 is 23.3 Å². The topological polar surface area (TPSA) is 51.2 Å². The number of amides is 1. The highest BCUT2D eigenvalue weighted by molar-refractivity contribution is 6.30. The number of aromatic nitrogens is 1. The summed E-state index contributed by atoms with van der Waals surface area (Å²) in [5.41, 5.74) is 1.92. The molecule has 1 heterocycles. The van der Waals surface area contributed by atoms with E-state index in [1.807, 2.05) is 19.9 Å². The summed E-state index contributed by atoms with van der Waals surface area (Å²) in [5.74, 6) is 0.908. The van der Waals surface area contributed by atoms with Gasteiger partial charge in [-0.05, 0) is 55.3 Å². The van der Waals surface area contributed by atoms with E-state index < -0.39 is 0 Å². The standard InChI is InChI=1S/C15H15ClN2O2/c1-10-5-6-17-14(7-10)18-15(19)9-20-13-4-3-12(16)8-11(13)2/h3-8H,9H2,1-2H3,(H,17,18,19). The fourth-order valence-electron chi connectivity index (χ4n) is 1.70. The number of anilines is 1. The van der Waals surface area contributed by atoms with Gasteiger partial charge in [-0.15, -0.1) is 0 Å². The van der Waals surface area contributed by atoms with Crippen LogP contribution in [0.2, 0.25) is 5.02 Å². The Hall–Kier alpha value is -2.07. The average molecular weight is 291 g/mol. The monoisotopic (exact) mass is 290 g/mol. The van der Waals surface area contributed by atoms with Gasteiger partial charge in [0.15, 0.2) is 6.61 Å². The smallest absolute Gasteiger partial charge is 0.263 e. The van der Waals surface area contributed by atoms with Crippen LogP contribution >= 0.6 is 11.6 Å². The minimum absolute atomic E-state index is 0.0713. The molecule has 0 saturated carbocycles. The molecule has 0 bridgehead atoms. The lowest BCUT2D eigenvalue weighted by Crippen LogP contribution is -2.21. The van der Waals surface area contributed by atoms with Gasteiger partial charge < -0.3 is 10.1 Å². The van der Waals surface area contributed by atoms with Crippen LogP contribution in [0.5, 0.6) is 5.75 Å². The summed E-state index contributed by atoms with van der Waals surface area (Å²) >= 11 is 5.86. The Morgan fingerprint density at radius 3 is 2.80 bits per heavy atom. The van der Waals surface area contributed by atoms with Crippen molar-refractivity contribution in [2.75, 3.05) is 11.9 Å². The quantitative estimate of drug-likeness (QED) is 0.939. The Bertz CT molecular complexity index is 629. The predicted octanol–water partition coefficient (Wildman–Crippen LogP) is 3.37. The Kier molecular flexibility index (Phi) is 4.58. The lowest BCUT2D eigenvalue weighted by atomic mass is 10.2. The fraction of sp³-hybridized carbons (Fsp3) is 0.200. The first-order valence-electron chi connectivity index (χ1n) is 6.16. The maximum atomic E-state index is 11.8. The molecule has 0 saturated heterocycles. The van der Waals surface area contributed by atoms with Crippen LogP contribution in [-0.2, 0) is 4.79 Å². The van der Waals surface area contributed by atoms with Crippen molar-refractivity contribution in [1.29, 1.82) is 0 Å². The summed E-state index contributed by atoms with van der Waals surface area (Å²) < 4.78 is 5.46. The number of hydrogen-bond donors (Lipinski definition) is 1. The molecule has 0 unspecified atom stereocenters. The van der Waals surface area contributed by atoms with Crippen molar-refractivity contribution in [3.05, 3.63) is 52.7 Å². The molecular weight excluding hydrogens is 276 g/mol. The number of hydrogen-bond acceptors (Lipinski definition) is 3. The first-order chi connectivity index (χ1) is 9.54. The molecule has 0 fully saturated rings. The fourth-order valence-corrected chi connectivity index (χ4v) is 1.93. The summed E-state index contributed by atoms with van der Waals surface area (Å²) in [4.78, 5) is 15.8. The van der Waals surface area contributed by atoms with E-state index in [4.69, 9.17) is 16.3 Å². The third-order valence-corrected chi connectivity index (χ3v) is 2.91. The van der Waals surface area contributed by atoms with Gasteiger partial charge in [0.25, 0.3) is 5.91 Å². The van der Waals surface area contributed by atoms with E-state index in [0.717, 1.165) is 11.1 Å². The van der Waals surface area contributed by atoms with E-state index >= 15 is 0 Å². The molecule has 1 aromatic heterocycles. The second kappa shape index (κ2) is 6.39. The number of nitrogens with zero attached hydrogens (tertiary/aromatic N) is 1. The minimum Gasteiger partial charge on any atom is -0.483 e. The van der Waals surface area contributed by atoms with Crippen LogP contribution in [-0.4, -0.2) is 17.5 Å². The van der Waals surface area contributed by atoms with Crippen LogP contribution in [0.3, 0.4) is 0 Å². The molecule has 0 aliphatic carbocycles. The van der Waals surface area contributed by atoms with Gasteiger partial charge in [-0.1, -0.05) is 11.6 Å². The maximum absolute atomic E-state index is 11.8. The van der Waals surface area contributed by atoms with Crippen LogP contribution < -0.4 is 10.1 Å². The Morgan fingerprint density at radius 2 is 2.10 bits per heavy atom. The number of halogens is 1. The molecule has 5 heteroatoms. The molecule has 2 rings (SSSR count). The zero-order valence-electron chi connectivity index (χ0n) is 11.3. The van der Waals surface area contributed by atoms with E-state index in [2.05, 4.69) is 10.3 Å². The molecule has 0 aliphatic heterocycles. The Balaban J connectivity index is 1.92. The van der Waals surface area contributed by atoms with Crippen molar-refractivity contribution in [2.45, 2.75) is 13.8 Å². The predicted molar refractivity (Wildman–Crippen MR) is 79.3 cm³/mol. The van der Waals surface area contributed by atoms with Crippen molar-refractivity contribution in [1.82, 2.24) is 4.98 Å². The number of benzene rings is 1. The number of ether oxygens (including phenoxy) is 1. The van der Waals surface area contributed by atoms with Crippen LogP contribution in [0.4, 0.5) is 5.82 Å². The lowest BCUT2D eigenvalue weighted by Gasteiger charge is -2.09. The number of nitrogens with one attached hydrogen (secondary N) is 1. The summed E-state index contributed by atoms with van der Waals surface area (Å²) in [7, 11) is 0. The van der Waals surface area contributed by atoms with Gasteiger partial charge in [-0.25, -0.2) is 4.98 Å². The van der Waals surface area contributed by atoms with Crippen LogP contribution in [0.15, 0.2) is 36.5 Å². The zero-order chi connectivity index (χ0) is 14.5. The first-order valence-corrected chi connectivity index (χ1v) is 6.54. The molecular formula is C15H15ClN2O2. The second-order valence-corrected chi connectivity index (χ2v) is 4.90. The number of rotatable bonds is 4. The van der Waals surface area contributed by atoms with Gasteiger partial charge in [0.2, 0.25) is 0 Å². The SMILES string of the molecule is Cc1ccnc(NC(=O)COc2ccc(Cl)cc2C)c1. The summed E-state index contributed by atoms with van der Waals surface area (Å²) in [5, 5.41) is 3.32. The van der Waals surface area contributed by atoms with E-state index in [1.165, 1.54) is 0 Å². The molecule has 104 valence electrons. The van der Waals surface area contributed by atoms with Crippen molar-refractivity contribution in [3.8, 4) is 5.75 Å². The Labute approximate surface area is 122 Å². The van der Waals surface area contributed by atoms with Crippen LogP contribution in [0, 0.1) is 13.8 Å². The number of aryl methyl sites for hydroxylation is 2. The molecule has 20 heavy (non-hydrogen) atoms. The van der Waals surface area contributed by atoms with E-state index in [1.54, 1.807) is 30.5 Å². The van der Waals surface area contributed by atoms with Crippen LogP contribution in [0.25, 0.3) is 0 Å². The Morgan fingerprint density at radius 1 is 1.30 bits per heavy atom. The maximum Gasteiger partial charge on any atom is 0.263 e. The van der Waals surface area contributed by atoms with Crippen molar-refractivity contribution in [3.63, 3.8) is 0 Å². The van der Waals surface area contributed by atoms with Gasteiger partial charge >= 0.3 is 0 Å². The third-order valence-electron chi connectivity index (χ3n) is 2.68. The zero-order valence-corrected chi connectivity index (χ0v) is 12.1. The largest absolute Gasteiger partial charge is 0.483 e. The molecule has 0 radical (unpaired) electrons. The molecule has 0 atom stereocenters. The van der Waals surface area contributed by atoms with E-state index in [0.29, 0.717) is 16.6 Å². The average Bonchev–Trinajstić information content (AvgIpc) is 2.37. The van der Waals surface area contributed by atoms with Crippen LogP contribution in [0.1, 0.15) is 11.1 Å². The van der Waals surface area contributed by atoms with Gasteiger partial charge in [0.1, 0.15) is 11.6 Å². The number of carbonyl (C=O) groups is 1. The van der Waals surface area contributed by atoms with Crippen molar-refractivity contribution < 1.29 is 9.53 Å². The molecule has 1 amide bonds. The molecule has 2 aromatic rings. The highest BCUT2D eigenvalue weighted by Gasteiger charge is 2.06. The number of carbonyl (C=O) groups excluding carboxylic acids is 1. The highest BCUT2D eigenvalue weighted by Crippen LogP contribution is 2.21. The molecule has 0 aliphatic rings. The second-order valence-electron chi connectivity index (χ2n) is 4.47. The third kappa shape index (κ3) is 3.96. The highest BCUT2D eigenvalue weighted by atomic mass is 35.5. The molecule has 0 spiro atoms. The minimum atomic E-state index is -0.252. The first kappa shape index (κ1) is 14.3. The van der Waals surface area contributed by atoms with Crippen molar-refractivity contribution in [2.24, 2.45) is 0 Å². The summed E-state index contributed by atoms with van der Waals surface area (Å²) in [6.45, 7) is 3.74. The normalized spacial score (nSPS) is 10.2. The van der Waals surface area contributed by atoms with Gasteiger partial charge in [0, 0.05) is 11.2 Å². The van der Waals surface area contributed by atoms with Gasteiger partial charge in [-0.2, -0.15) is 0 Å². The number of pyridine rings is 1. The summed E-state index contributed by atoms with van der Waals surface area (Å²) in [6, 6.07) is 8.92. The lowest BCUT2D eigenvalue weighted by molar-refractivity contribution is -0.118. The van der Waals surface area contributed by atoms with E-state index in [9.17, 15) is 4.79 Å². The summed E-state index contributed by atoms with van der Waals surface area (Å²) in [6.07, 6.45) is 1.65.